The van der Waals surface area contributed by atoms with E-state index in [-0.39, 0.29) is 5.91 Å². The number of carbonyl (C=O) groups excluding carboxylic acids is 1. The van der Waals surface area contributed by atoms with Gasteiger partial charge in [-0.1, -0.05) is 15.9 Å². The number of aryl methyl sites for hydroxylation is 1. The van der Waals surface area contributed by atoms with E-state index in [4.69, 9.17) is 0 Å². The summed E-state index contributed by atoms with van der Waals surface area (Å²) in [5.74, 6) is 0.185. The number of amides is 1. The summed E-state index contributed by atoms with van der Waals surface area (Å²) in [6.07, 6.45) is 3.53. The van der Waals surface area contributed by atoms with Gasteiger partial charge >= 0.3 is 0 Å². The van der Waals surface area contributed by atoms with Crippen LogP contribution in [0.5, 0.6) is 0 Å². The summed E-state index contributed by atoms with van der Waals surface area (Å²) >= 11 is 3.42. The van der Waals surface area contributed by atoms with E-state index in [0.29, 0.717) is 0 Å². The van der Waals surface area contributed by atoms with E-state index in [0.717, 1.165) is 41.5 Å². The zero-order valence-electron chi connectivity index (χ0n) is 9.50. The van der Waals surface area contributed by atoms with Crippen LogP contribution in [0.1, 0.15) is 35.2 Å². The Kier molecular flexibility index (Phi) is 3.64. The highest BCUT2D eigenvalue weighted by molar-refractivity contribution is 9.10. The maximum Gasteiger partial charge on any atom is 0.254 e. The van der Waals surface area contributed by atoms with E-state index in [1.807, 2.05) is 30.0 Å². The Morgan fingerprint density at radius 2 is 1.94 bits per heavy atom. The fourth-order valence-corrected chi connectivity index (χ4v) is 2.61. The highest BCUT2D eigenvalue weighted by Crippen LogP contribution is 2.19. The fraction of sp³-hybridized carbons (Fsp3) is 0.462. The third-order valence-corrected chi connectivity index (χ3v) is 3.56. The molecule has 0 atom stereocenters. The number of carbonyl (C=O) groups is 1. The van der Waals surface area contributed by atoms with Crippen LogP contribution in [0, 0.1) is 6.92 Å². The molecule has 0 radical (unpaired) electrons. The van der Waals surface area contributed by atoms with Gasteiger partial charge in [-0.2, -0.15) is 0 Å². The number of benzene rings is 1. The molecule has 0 aromatic heterocycles. The van der Waals surface area contributed by atoms with Gasteiger partial charge in [0.25, 0.3) is 5.91 Å². The summed E-state index contributed by atoms with van der Waals surface area (Å²) in [6.45, 7) is 3.81. The summed E-state index contributed by atoms with van der Waals surface area (Å²) in [7, 11) is 0. The van der Waals surface area contributed by atoms with Crippen molar-refractivity contribution in [3.8, 4) is 0 Å². The number of likely N-dealkylation sites (tertiary alicyclic amines) is 1. The number of piperidine rings is 1. The molecule has 0 unspecified atom stereocenters. The fourth-order valence-electron chi connectivity index (χ4n) is 2.13. The third-order valence-electron chi connectivity index (χ3n) is 3.06. The average molecular weight is 282 g/mol. The Morgan fingerprint density at radius 3 is 2.56 bits per heavy atom. The van der Waals surface area contributed by atoms with Gasteiger partial charge < -0.3 is 4.90 Å². The van der Waals surface area contributed by atoms with Crippen molar-refractivity contribution in [1.82, 2.24) is 4.90 Å². The van der Waals surface area contributed by atoms with Crippen LogP contribution in [0.25, 0.3) is 0 Å². The lowest BCUT2D eigenvalue weighted by Crippen LogP contribution is -2.35. The first kappa shape index (κ1) is 11.6. The first-order valence-corrected chi connectivity index (χ1v) is 6.53. The van der Waals surface area contributed by atoms with Gasteiger partial charge in [0.15, 0.2) is 0 Å². The van der Waals surface area contributed by atoms with Crippen molar-refractivity contribution >= 4 is 21.8 Å². The number of halogens is 1. The highest BCUT2D eigenvalue weighted by Gasteiger charge is 2.19. The van der Waals surface area contributed by atoms with Gasteiger partial charge in [0.1, 0.15) is 0 Å². The van der Waals surface area contributed by atoms with Gasteiger partial charge in [0.05, 0.1) is 0 Å². The standard InChI is InChI=1S/C13H16BrNO/c1-10-9-11(14)5-6-12(10)13(16)15-7-3-2-4-8-15/h5-6,9H,2-4,7-8H2,1H3. The van der Waals surface area contributed by atoms with E-state index in [1.165, 1.54) is 6.42 Å². The van der Waals surface area contributed by atoms with E-state index < -0.39 is 0 Å². The van der Waals surface area contributed by atoms with Crippen molar-refractivity contribution in [1.29, 1.82) is 0 Å². The average Bonchev–Trinajstić information content (AvgIpc) is 2.29. The molecule has 1 aliphatic rings. The molecule has 1 aromatic rings. The van der Waals surface area contributed by atoms with E-state index in [1.54, 1.807) is 0 Å². The lowest BCUT2D eigenvalue weighted by atomic mass is 10.1. The van der Waals surface area contributed by atoms with Gasteiger partial charge in [-0.3, -0.25) is 4.79 Å². The van der Waals surface area contributed by atoms with Crippen LogP contribution in [-0.4, -0.2) is 23.9 Å². The molecule has 86 valence electrons. The first-order chi connectivity index (χ1) is 7.68. The largest absolute Gasteiger partial charge is 0.339 e. The molecule has 0 saturated carbocycles. The Balaban J connectivity index is 2.19. The lowest BCUT2D eigenvalue weighted by Gasteiger charge is -2.27. The molecule has 1 aromatic carbocycles. The molecule has 0 aliphatic carbocycles. The molecule has 0 spiro atoms. The van der Waals surface area contributed by atoms with Crippen molar-refractivity contribution in [3.05, 3.63) is 33.8 Å². The normalized spacial score (nSPS) is 16.2. The molecule has 2 rings (SSSR count). The summed E-state index contributed by atoms with van der Waals surface area (Å²) in [4.78, 5) is 14.2. The van der Waals surface area contributed by atoms with Crippen LogP contribution < -0.4 is 0 Å². The van der Waals surface area contributed by atoms with Gasteiger partial charge in [0, 0.05) is 23.1 Å². The predicted molar refractivity (Wildman–Crippen MR) is 68.6 cm³/mol. The molecule has 0 N–H and O–H groups in total. The number of rotatable bonds is 1. The maximum atomic E-state index is 12.2. The molecule has 2 nitrogen and oxygen atoms in total. The number of hydrogen-bond acceptors (Lipinski definition) is 1. The van der Waals surface area contributed by atoms with Crippen LogP contribution in [0.4, 0.5) is 0 Å². The first-order valence-electron chi connectivity index (χ1n) is 5.74. The second-order valence-electron chi connectivity index (χ2n) is 4.31. The van der Waals surface area contributed by atoms with Gasteiger partial charge in [-0.15, -0.1) is 0 Å². The predicted octanol–water partition coefficient (Wildman–Crippen LogP) is 3.38. The Labute approximate surface area is 105 Å². The third kappa shape index (κ3) is 2.46. The molecule has 1 heterocycles. The molecule has 3 heteroatoms. The molecular weight excluding hydrogens is 266 g/mol. The number of hydrogen-bond donors (Lipinski definition) is 0. The topological polar surface area (TPSA) is 20.3 Å². The summed E-state index contributed by atoms with van der Waals surface area (Å²) in [5.41, 5.74) is 1.88. The summed E-state index contributed by atoms with van der Waals surface area (Å²) in [6, 6.07) is 5.84. The monoisotopic (exact) mass is 281 g/mol. The van der Waals surface area contributed by atoms with Crippen LogP contribution in [0.15, 0.2) is 22.7 Å². The second kappa shape index (κ2) is 5.00. The summed E-state index contributed by atoms with van der Waals surface area (Å²) < 4.78 is 1.03. The molecular formula is C13H16BrNO. The van der Waals surface area contributed by atoms with Crippen molar-refractivity contribution in [2.24, 2.45) is 0 Å². The molecule has 1 saturated heterocycles. The van der Waals surface area contributed by atoms with Crippen molar-refractivity contribution in [2.45, 2.75) is 26.2 Å². The molecule has 16 heavy (non-hydrogen) atoms. The van der Waals surface area contributed by atoms with Crippen molar-refractivity contribution in [2.75, 3.05) is 13.1 Å². The van der Waals surface area contributed by atoms with Crippen LogP contribution >= 0.6 is 15.9 Å². The molecule has 1 amide bonds. The Hall–Kier alpha value is -0.830. The van der Waals surface area contributed by atoms with Gasteiger partial charge in [-0.05, 0) is 49.9 Å². The SMILES string of the molecule is Cc1cc(Br)ccc1C(=O)N1CCCCC1. The minimum Gasteiger partial charge on any atom is -0.339 e. The molecule has 1 fully saturated rings. The minimum atomic E-state index is 0.185. The van der Waals surface area contributed by atoms with Crippen LogP contribution in [0.3, 0.4) is 0 Å². The van der Waals surface area contributed by atoms with Gasteiger partial charge in [-0.25, -0.2) is 0 Å². The summed E-state index contributed by atoms with van der Waals surface area (Å²) in [5, 5.41) is 0. The highest BCUT2D eigenvalue weighted by atomic mass is 79.9. The zero-order valence-corrected chi connectivity index (χ0v) is 11.1. The van der Waals surface area contributed by atoms with Crippen LogP contribution in [0.2, 0.25) is 0 Å². The molecule has 1 aliphatic heterocycles. The number of nitrogens with zero attached hydrogens (tertiary/aromatic N) is 1. The second-order valence-corrected chi connectivity index (χ2v) is 5.23. The molecule has 0 bridgehead atoms. The maximum absolute atomic E-state index is 12.2. The van der Waals surface area contributed by atoms with Gasteiger partial charge in [0.2, 0.25) is 0 Å². The van der Waals surface area contributed by atoms with Crippen LogP contribution in [-0.2, 0) is 0 Å². The van der Waals surface area contributed by atoms with E-state index in [9.17, 15) is 4.79 Å². The van der Waals surface area contributed by atoms with Crippen molar-refractivity contribution in [3.63, 3.8) is 0 Å². The minimum absolute atomic E-state index is 0.185. The smallest absolute Gasteiger partial charge is 0.254 e. The van der Waals surface area contributed by atoms with E-state index in [2.05, 4.69) is 15.9 Å². The zero-order chi connectivity index (χ0) is 11.5. The quantitative estimate of drug-likeness (QED) is 0.773. The Bertz CT molecular complexity index is 397. The van der Waals surface area contributed by atoms with E-state index >= 15 is 0 Å². The van der Waals surface area contributed by atoms with Crippen molar-refractivity contribution < 1.29 is 4.79 Å². The lowest BCUT2D eigenvalue weighted by molar-refractivity contribution is 0.0723. The Morgan fingerprint density at radius 1 is 1.25 bits per heavy atom.